The van der Waals surface area contributed by atoms with Crippen LogP contribution < -0.4 is 0 Å². The van der Waals surface area contributed by atoms with Crippen molar-refractivity contribution in [1.29, 1.82) is 0 Å². The van der Waals surface area contributed by atoms with E-state index in [9.17, 15) is 14.7 Å². The standard InChI is InChI=1S/C21H31NO4/c1-3-8-20(24)14-19-12-7-11-18(13-16(2)23)22(19)21(25)26-15-17-9-5-4-6-10-17/h4-6,9-10,18-20,24H,3,7-8,11-15H2,1-2H3/t18-,19+,20-/m0/s1. The summed E-state index contributed by atoms with van der Waals surface area (Å²) in [4.78, 5) is 26.2. The highest BCUT2D eigenvalue weighted by molar-refractivity contribution is 5.77. The zero-order chi connectivity index (χ0) is 18.9. The first-order valence-corrected chi connectivity index (χ1v) is 9.67. The van der Waals surface area contributed by atoms with Gasteiger partial charge in [-0.15, -0.1) is 0 Å². The summed E-state index contributed by atoms with van der Waals surface area (Å²) < 4.78 is 5.55. The lowest BCUT2D eigenvalue weighted by atomic mass is 9.89. The number of aliphatic hydroxyl groups is 1. The van der Waals surface area contributed by atoms with Crippen molar-refractivity contribution in [2.24, 2.45) is 0 Å². The van der Waals surface area contributed by atoms with Gasteiger partial charge in [0.15, 0.2) is 0 Å². The maximum Gasteiger partial charge on any atom is 0.410 e. The summed E-state index contributed by atoms with van der Waals surface area (Å²) in [5.74, 6) is 0.0746. The van der Waals surface area contributed by atoms with Gasteiger partial charge in [0.2, 0.25) is 0 Å². The largest absolute Gasteiger partial charge is 0.445 e. The number of nitrogens with zero attached hydrogens (tertiary/aromatic N) is 1. The summed E-state index contributed by atoms with van der Waals surface area (Å²) in [5, 5.41) is 10.2. The predicted molar refractivity (Wildman–Crippen MR) is 101 cm³/mol. The second-order valence-corrected chi connectivity index (χ2v) is 7.27. The van der Waals surface area contributed by atoms with Gasteiger partial charge in [-0.1, -0.05) is 43.7 Å². The summed E-state index contributed by atoms with van der Waals surface area (Å²) in [5.41, 5.74) is 0.934. The van der Waals surface area contributed by atoms with E-state index >= 15 is 0 Å². The molecule has 1 aromatic carbocycles. The fraction of sp³-hybridized carbons (Fsp3) is 0.619. The number of rotatable bonds is 8. The van der Waals surface area contributed by atoms with Crippen LogP contribution in [0, 0.1) is 0 Å². The van der Waals surface area contributed by atoms with E-state index in [1.54, 1.807) is 11.8 Å². The number of likely N-dealkylation sites (tertiary alicyclic amines) is 1. The molecule has 0 saturated carbocycles. The van der Waals surface area contributed by atoms with Gasteiger partial charge in [-0.2, -0.15) is 0 Å². The number of carbonyl (C=O) groups is 2. The van der Waals surface area contributed by atoms with Crippen LogP contribution >= 0.6 is 0 Å². The number of carbonyl (C=O) groups excluding carboxylic acids is 2. The van der Waals surface area contributed by atoms with Crippen LogP contribution in [0.1, 0.15) is 64.4 Å². The van der Waals surface area contributed by atoms with Crippen LogP contribution in [0.3, 0.4) is 0 Å². The molecule has 1 N–H and O–H groups in total. The van der Waals surface area contributed by atoms with Crippen LogP contribution in [-0.4, -0.2) is 40.1 Å². The van der Waals surface area contributed by atoms with Crippen LogP contribution in [0.5, 0.6) is 0 Å². The molecule has 0 spiro atoms. The van der Waals surface area contributed by atoms with E-state index in [1.807, 2.05) is 37.3 Å². The molecule has 1 heterocycles. The maximum atomic E-state index is 12.8. The number of aliphatic hydroxyl groups excluding tert-OH is 1. The van der Waals surface area contributed by atoms with Crippen LogP contribution in [-0.2, 0) is 16.1 Å². The Bertz CT molecular complexity index is 575. The van der Waals surface area contributed by atoms with Gasteiger partial charge in [0.1, 0.15) is 12.4 Å². The van der Waals surface area contributed by atoms with E-state index in [4.69, 9.17) is 4.74 Å². The van der Waals surface area contributed by atoms with Crippen molar-refractivity contribution in [2.45, 2.75) is 83.6 Å². The van der Waals surface area contributed by atoms with Crippen molar-refractivity contribution in [2.75, 3.05) is 0 Å². The third-order valence-electron chi connectivity index (χ3n) is 4.97. The zero-order valence-electron chi connectivity index (χ0n) is 15.9. The zero-order valence-corrected chi connectivity index (χ0v) is 15.9. The van der Waals surface area contributed by atoms with Crippen molar-refractivity contribution < 1.29 is 19.4 Å². The van der Waals surface area contributed by atoms with Gasteiger partial charge in [0, 0.05) is 18.5 Å². The Kier molecular flexibility index (Phi) is 8.10. The molecule has 5 nitrogen and oxygen atoms in total. The number of ketones is 1. The molecule has 1 aromatic rings. The van der Waals surface area contributed by atoms with Crippen molar-refractivity contribution in [3.05, 3.63) is 35.9 Å². The Hall–Kier alpha value is -1.88. The average Bonchev–Trinajstić information content (AvgIpc) is 2.60. The normalized spacial score (nSPS) is 21.3. The Balaban J connectivity index is 2.07. The molecule has 0 unspecified atom stereocenters. The molecular weight excluding hydrogens is 330 g/mol. The Morgan fingerprint density at radius 3 is 2.58 bits per heavy atom. The molecule has 0 radical (unpaired) electrons. The fourth-order valence-electron chi connectivity index (χ4n) is 3.79. The lowest BCUT2D eigenvalue weighted by Gasteiger charge is -2.42. The van der Waals surface area contributed by atoms with E-state index in [0.29, 0.717) is 12.8 Å². The molecule has 1 saturated heterocycles. The molecule has 144 valence electrons. The SMILES string of the molecule is CCC[C@H](O)C[C@H]1CCC[C@@H](CC(C)=O)N1C(=O)OCc1ccccc1. The molecule has 2 rings (SSSR count). The summed E-state index contributed by atoms with van der Waals surface area (Å²) >= 11 is 0. The highest BCUT2D eigenvalue weighted by atomic mass is 16.6. The first kappa shape index (κ1) is 20.4. The molecular formula is C21H31NO4. The van der Waals surface area contributed by atoms with Crippen LogP contribution in [0.2, 0.25) is 0 Å². The Labute approximate surface area is 156 Å². The molecule has 1 aliphatic heterocycles. The summed E-state index contributed by atoms with van der Waals surface area (Å²) in [6, 6.07) is 9.36. The van der Waals surface area contributed by atoms with Gasteiger partial charge >= 0.3 is 6.09 Å². The van der Waals surface area contributed by atoms with Crippen molar-refractivity contribution in [1.82, 2.24) is 4.90 Å². The molecule has 0 aliphatic carbocycles. The lowest BCUT2D eigenvalue weighted by molar-refractivity contribution is -0.118. The van der Waals surface area contributed by atoms with E-state index in [1.165, 1.54) is 0 Å². The summed E-state index contributed by atoms with van der Waals surface area (Å²) in [6.07, 6.45) is 4.33. The van der Waals surface area contributed by atoms with Gasteiger partial charge in [-0.3, -0.25) is 4.79 Å². The second-order valence-electron chi connectivity index (χ2n) is 7.27. The van der Waals surface area contributed by atoms with Crippen LogP contribution in [0.4, 0.5) is 4.79 Å². The van der Waals surface area contributed by atoms with E-state index in [-0.39, 0.29) is 30.6 Å². The van der Waals surface area contributed by atoms with Gasteiger partial charge in [0.25, 0.3) is 0 Å². The Morgan fingerprint density at radius 1 is 1.23 bits per heavy atom. The third-order valence-corrected chi connectivity index (χ3v) is 4.97. The monoisotopic (exact) mass is 361 g/mol. The van der Waals surface area contributed by atoms with Crippen LogP contribution in [0.15, 0.2) is 30.3 Å². The fourth-order valence-corrected chi connectivity index (χ4v) is 3.79. The highest BCUT2D eigenvalue weighted by Crippen LogP contribution is 2.29. The molecule has 1 fully saturated rings. The quantitative estimate of drug-likeness (QED) is 0.758. The molecule has 1 amide bonds. The number of hydrogen-bond acceptors (Lipinski definition) is 4. The van der Waals surface area contributed by atoms with Gasteiger partial charge in [-0.05, 0) is 44.6 Å². The molecule has 1 aliphatic rings. The minimum absolute atomic E-state index is 0.0714. The molecule has 5 heteroatoms. The molecule has 3 atom stereocenters. The topological polar surface area (TPSA) is 66.8 Å². The van der Waals surface area contributed by atoms with Crippen LogP contribution in [0.25, 0.3) is 0 Å². The van der Waals surface area contributed by atoms with Crippen molar-refractivity contribution >= 4 is 11.9 Å². The summed E-state index contributed by atoms with van der Waals surface area (Å²) in [7, 11) is 0. The predicted octanol–water partition coefficient (Wildman–Crippen LogP) is 4.08. The van der Waals surface area contributed by atoms with Gasteiger partial charge in [0.05, 0.1) is 6.10 Å². The first-order valence-electron chi connectivity index (χ1n) is 9.67. The highest BCUT2D eigenvalue weighted by Gasteiger charge is 2.36. The van der Waals surface area contributed by atoms with E-state index in [2.05, 4.69) is 0 Å². The first-order chi connectivity index (χ1) is 12.5. The van der Waals surface area contributed by atoms with E-state index in [0.717, 1.165) is 37.7 Å². The number of ether oxygens (including phenoxy) is 1. The number of hydrogen-bond donors (Lipinski definition) is 1. The van der Waals surface area contributed by atoms with Crippen molar-refractivity contribution in [3.63, 3.8) is 0 Å². The Morgan fingerprint density at radius 2 is 1.92 bits per heavy atom. The van der Waals surface area contributed by atoms with Crippen molar-refractivity contribution in [3.8, 4) is 0 Å². The molecule has 0 aromatic heterocycles. The minimum atomic E-state index is -0.425. The molecule has 0 bridgehead atoms. The number of amides is 1. The van der Waals surface area contributed by atoms with E-state index < -0.39 is 6.10 Å². The second kappa shape index (κ2) is 10.3. The maximum absolute atomic E-state index is 12.8. The number of piperidine rings is 1. The van der Waals surface area contributed by atoms with Gasteiger partial charge < -0.3 is 14.7 Å². The minimum Gasteiger partial charge on any atom is -0.445 e. The lowest BCUT2D eigenvalue weighted by Crippen LogP contribution is -2.51. The average molecular weight is 361 g/mol. The van der Waals surface area contributed by atoms with Gasteiger partial charge in [-0.25, -0.2) is 4.79 Å². The smallest absolute Gasteiger partial charge is 0.410 e. The summed E-state index contributed by atoms with van der Waals surface area (Å²) in [6.45, 7) is 3.81. The third kappa shape index (κ3) is 6.13. The number of Topliss-reactive ketones (excluding diaryl/α,β-unsaturated/α-hetero) is 1. The number of benzene rings is 1. The molecule has 26 heavy (non-hydrogen) atoms.